The van der Waals surface area contributed by atoms with Gasteiger partial charge in [0.1, 0.15) is 0 Å². The van der Waals surface area contributed by atoms with Crippen LogP contribution in [0.4, 0.5) is 11.9 Å². The Hall–Kier alpha value is -4.92. The third-order valence-electron chi connectivity index (χ3n) is 11.4. The fourth-order valence-corrected chi connectivity index (χ4v) is 7.92. The Morgan fingerprint density at radius 1 is 0.500 bits per heavy atom. The summed E-state index contributed by atoms with van der Waals surface area (Å²) in [4.78, 5) is 23.3. The van der Waals surface area contributed by atoms with Crippen LogP contribution in [0.25, 0.3) is 44.1 Å². The summed E-state index contributed by atoms with van der Waals surface area (Å²) >= 11 is 0. The number of rotatable bonds is 8. The zero-order valence-electron chi connectivity index (χ0n) is 30.6. The lowest BCUT2D eigenvalue weighted by Gasteiger charge is -2.34. The topological polar surface area (TPSA) is 110 Å². The molecule has 0 saturated heterocycles. The van der Waals surface area contributed by atoms with Gasteiger partial charge in [0.15, 0.2) is 0 Å². The molecule has 0 unspecified atom stereocenters. The quantitative estimate of drug-likeness (QED) is 0.163. The number of hydrogen-bond acceptors (Lipinski definition) is 8. The molecule has 52 heavy (non-hydrogen) atoms. The van der Waals surface area contributed by atoms with Crippen LogP contribution in [-0.4, -0.2) is 59.2 Å². The molecule has 0 amide bonds. The summed E-state index contributed by atoms with van der Waals surface area (Å²) in [5.41, 5.74) is 15.9. The molecule has 0 atom stereocenters. The minimum atomic E-state index is 0.504. The first-order valence-corrected chi connectivity index (χ1v) is 19.0. The second-order valence-electron chi connectivity index (χ2n) is 14.6. The standard InChI is InChI=1S/2C22H26N4/c2*1-26(20-10-6-16(15-23)7-11-20)22-24-13-12-21(25-22)19-9-8-17-4-2-3-5-18(17)14-19/h2*2-5,8-9,12-14,16,20H,6-7,10-11,15,23H2,1H3. The van der Waals surface area contributed by atoms with Crippen LogP contribution in [0.1, 0.15) is 51.4 Å². The SMILES string of the molecule is CN(c1nccc(-c2ccc3ccccc3c2)n1)C1CCC(CN)CC1.CN(c1nccc(-c2ccc3ccccc3c2)n1)C1CCC(CN)CC1. The van der Waals surface area contributed by atoms with Gasteiger partial charge in [0.2, 0.25) is 11.9 Å². The molecule has 0 spiro atoms. The number of hydrogen-bond donors (Lipinski definition) is 2. The maximum atomic E-state index is 5.82. The summed E-state index contributed by atoms with van der Waals surface area (Å²) in [6, 6.07) is 34.8. The summed E-state index contributed by atoms with van der Waals surface area (Å²) in [7, 11) is 4.24. The van der Waals surface area contributed by atoms with Crippen molar-refractivity contribution < 1.29 is 0 Å². The van der Waals surface area contributed by atoms with Crippen molar-refractivity contribution in [1.29, 1.82) is 0 Å². The maximum Gasteiger partial charge on any atom is 0.225 e. The van der Waals surface area contributed by atoms with Crippen molar-refractivity contribution in [2.75, 3.05) is 37.0 Å². The third kappa shape index (κ3) is 8.24. The fraction of sp³-hybridized carbons (Fsp3) is 0.364. The molecule has 4 N–H and O–H groups in total. The van der Waals surface area contributed by atoms with E-state index >= 15 is 0 Å². The lowest BCUT2D eigenvalue weighted by molar-refractivity contribution is 0.325. The Kier molecular flexibility index (Phi) is 11.3. The zero-order chi connectivity index (χ0) is 35.9. The Bertz CT molecular complexity index is 1920. The molecule has 2 aliphatic rings. The Morgan fingerprint density at radius 2 is 0.885 bits per heavy atom. The number of nitrogens with zero attached hydrogens (tertiary/aromatic N) is 6. The van der Waals surface area contributed by atoms with E-state index in [2.05, 4.69) is 119 Å². The molecule has 2 aromatic heterocycles. The van der Waals surface area contributed by atoms with Gasteiger partial charge in [-0.3, -0.25) is 0 Å². The highest BCUT2D eigenvalue weighted by Crippen LogP contribution is 2.31. The zero-order valence-corrected chi connectivity index (χ0v) is 30.6. The first-order chi connectivity index (χ1) is 25.5. The van der Waals surface area contributed by atoms with E-state index in [1.54, 1.807) is 0 Å². The van der Waals surface area contributed by atoms with Crippen molar-refractivity contribution in [2.45, 2.75) is 63.5 Å². The van der Waals surface area contributed by atoms with Crippen LogP contribution < -0.4 is 21.3 Å². The molecule has 2 saturated carbocycles. The molecule has 8 nitrogen and oxygen atoms in total. The maximum absolute atomic E-state index is 5.82. The van der Waals surface area contributed by atoms with E-state index in [1.165, 1.54) is 72.9 Å². The van der Waals surface area contributed by atoms with Crippen LogP contribution in [0, 0.1) is 11.8 Å². The van der Waals surface area contributed by atoms with Gasteiger partial charge in [-0.2, -0.15) is 0 Å². The fourth-order valence-electron chi connectivity index (χ4n) is 7.92. The van der Waals surface area contributed by atoms with Crippen LogP contribution in [0.3, 0.4) is 0 Å². The molecule has 6 aromatic rings. The second-order valence-corrected chi connectivity index (χ2v) is 14.6. The van der Waals surface area contributed by atoms with Crippen molar-refractivity contribution >= 4 is 33.4 Å². The minimum Gasteiger partial charge on any atom is -0.341 e. The lowest BCUT2D eigenvalue weighted by atomic mass is 9.85. The van der Waals surface area contributed by atoms with Gasteiger partial charge in [-0.1, -0.05) is 72.8 Å². The summed E-state index contributed by atoms with van der Waals surface area (Å²) in [5.74, 6) is 2.99. The average Bonchev–Trinajstić information content (AvgIpc) is 3.23. The average molecular weight is 693 g/mol. The highest BCUT2D eigenvalue weighted by molar-refractivity contribution is 5.87. The summed E-state index contributed by atoms with van der Waals surface area (Å²) in [5, 5.41) is 4.97. The molecule has 4 aromatic carbocycles. The molecule has 0 aliphatic heterocycles. The van der Waals surface area contributed by atoms with Crippen LogP contribution >= 0.6 is 0 Å². The lowest BCUT2D eigenvalue weighted by Crippen LogP contribution is -2.37. The third-order valence-corrected chi connectivity index (χ3v) is 11.4. The highest BCUT2D eigenvalue weighted by Gasteiger charge is 2.26. The first-order valence-electron chi connectivity index (χ1n) is 19.0. The number of aromatic nitrogens is 4. The van der Waals surface area contributed by atoms with Crippen molar-refractivity contribution in [3.05, 3.63) is 109 Å². The van der Waals surface area contributed by atoms with Crippen LogP contribution in [0.2, 0.25) is 0 Å². The van der Waals surface area contributed by atoms with Gasteiger partial charge in [0.25, 0.3) is 0 Å². The predicted molar refractivity (Wildman–Crippen MR) is 216 cm³/mol. The largest absolute Gasteiger partial charge is 0.341 e. The number of anilines is 2. The second kappa shape index (κ2) is 16.6. The van der Waals surface area contributed by atoms with Gasteiger partial charge in [0, 0.05) is 49.7 Å². The molecular formula is C44H52N8. The van der Waals surface area contributed by atoms with Gasteiger partial charge in [-0.05, 0) is 122 Å². The van der Waals surface area contributed by atoms with E-state index in [0.717, 1.165) is 47.5 Å². The molecule has 268 valence electrons. The number of benzene rings is 4. The van der Waals surface area contributed by atoms with Crippen LogP contribution in [0.5, 0.6) is 0 Å². The number of fused-ring (bicyclic) bond motifs is 2. The molecule has 8 rings (SSSR count). The number of nitrogens with two attached hydrogens (primary N) is 2. The smallest absolute Gasteiger partial charge is 0.225 e. The van der Waals surface area contributed by atoms with Crippen LogP contribution in [-0.2, 0) is 0 Å². The van der Waals surface area contributed by atoms with Crippen molar-refractivity contribution in [3.8, 4) is 22.5 Å². The molecule has 0 radical (unpaired) electrons. The van der Waals surface area contributed by atoms with E-state index in [-0.39, 0.29) is 0 Å². The van der Waals surface area contributed by atoms with E-state index in [9.17, 15) is 0 Å². The minimum absolute atomic E-state index is 0.504. The molecule has 2 heterocycles. The highest BCUT2D eigenvalue weighted by atomic mass is 15.3. The Balaban J connectivity index is 0.000000162. The molecule has 2 aliphatic carbocycles. The molecular weight excluding hydrogens is 641 g/mol. The Morgan fingerprint density at radius 3 is 1.27 bits per heavy atom. The molecule has 0 bridgehead atoms. The summed E-state index contributed by atoms with van der Waals surface area (Å²) in [6.45, 7) is 1.62. The summed E-state index contributed by atoms with van der Waals surface area (Å²) in [6.07, 6.45) is 13.2. The van der Waals surface area contributed by atoms with E-state index < -0.39 is 0 Å². The molecule has 8 heteroatoms. The molecule has 2 fully saturated rings. The van der Waals surface area contributed by atoms with Crippen molar-refractivity contribution in [2.24, 2.45) is 23.3 Å². The van der Waals surface area contributed by atoms with Gasteiger partial charge in [0.05, 0.1) is 11.4 Å². The van der Waals surface area contributed by atoms with Crippen molar-refractivity contribution in [3.63, 3.8) is 0 Å². The Labute approximate surface area is 308 Å². The monoisotopic (exact) mass is 692 g/mol. The predicted octanol–water partition coefficient (Wildman–Crippen LogP) is 8.50. The van der Waals surface area contributed by atoms with E-state index in [4.69, 9.17) is 21.4 Å². The first kappa shape index (κ1) is 35.5. The van der Waals surface area contributed by atoms with Gasteiger partial charge in [-0.25, -0.2) is 19.9 Å². The van der Waals surface area contributed by atoms with Gasteiger partial charge in [-0.15, -0.1) is 0 Å². The van der Waals surface area contributed by atoms with Gasteiger partial charge >= 0.3 is 0 Å². The van der Waals surface area contributed by atoms with E-state index in [0.29, 0.717) is 23.9 Å². The van der Waals surface area contributed by atoms with Crippen LogP contribution in [0.15, 0.2) is 109 Å². The van der Waals surface area contributed by atoms with Crippen molar-refractivity contribution in [1.82, 2.24) is 19.9 Å². The summed E-state index contributed by atoms with van der Waals surface area (Å²) < 4.78 is 0. The normalized spacial score (nSPS) is 20.2. The van der Waals surface area contributed by atoms with Gasteiger partial charge < -0.3 is 21.3 Å². The van der Waals surface area contributed by atoms with E-state index in [1.807, 2.05) is 24.5 Å².